The van der Waals surface area contributed by atoms with Crippen molar-refractivity contribution in [2.75, 3.05) is 7.11 Å². The van der Waals surface area contributed by atoms with Gasteiger partial charge in [-0.15, -0.1) is 0 Å². The molecule has 0 fully saturated rings. The summed E-state index contributed by atoms with van der Waals surface area (Å²) >= 11 is 1.68. The quantitative estimate of drug-likeness (QED) is 0.618. The molecular formula is C10H7F2IN2O2. The first-order valence-electron chi connectivity index (χ1n) is 4.44. The Morgan fingerprint density at radius 1 is 1.71 bits per heavy atom. The molecule has 0 unspecified atom stereocenters. The molecule has 0 amide bonds. The Kier molecular flexibility index (Phi) is 4.74. The lowest BCUT2D eigenvalue weighted by atomic mass is 10.1. The van der Waals surface area contributed by atoms with E-state index in [0.717, 1.165) is 0 Å². The number of pyridine rings is 1. The van der Waals surface area contributed by atoms with Crippen LogP contribution >= 0.6 is 22.6 Å². The third kappa shape index (κ3) is 3.33. The van der Waals surface area contributed by atoms with Crippen molar-refractivity contribution in [1.29, 1.82) is 5.26 Å². The number of rotatable bonds is 3. The number of halogens is 3. The molecule has 1 heterocycles. The maximum absolute atomic E-state index is 12.7. The number of hydrogen-bond donors (Lipinski definition) is 0. The molecule has 17 heavy (non-hydrogen) atoms. The van der Waals surface area contributed by atoms with Gasteiger partial charge in [-0.2, -0.15) is 5.26 Å². The monoisotopic (exact) mass is 352 g/mol. The van der Waals surface area contributed by atoms with E-state index < -0.39 is 18.1 Å². The molecule has 0 aliphatic carbocycles. The highest BCUT2D eigenvalue weighted by Crippen LogP contribution is 2.26. The third-order valence-corrected chi connectivity index (χ3v) is 3.19. The Bertz CT molecular complexity index is 486. The fraction of sp³-hybridized carbons (Fsp3) is 0.300. The maximum atomic E-state index is 12.7. The van der Waals surface area contributed by atoms with Crippen molar-refractivity contribution in [2.24, 2.45) is 0 Å². The van der Waals surface area contributed by atoms with Crippen molar-refractivity contribution in [3.63, 3.8) is 0 Å². The molecule has 0 aromatic carbocycles. The molecule has 0 spiro atoms. The van der Waals surface area contributed by atoms with Gasteiger partial charge in [-0.05, 0) is 34.2 Å². The molecule has 0 bridgehead atoms. The second-order valence-corrected chi connectivity index (χ2v) is 4.11. The van der Waals surface area contributed by atoms with E-state index in [4.69, 9.17) is 5.26 Å². The molecule has 4 nitrogen and oxygen atoms in total. The SMILES string of the molecule is COC(=O)Cc1cc(C#N)nc(C(F)F)c1I. The summed E-state index contributed by atoms with van der Waals surface area (Å²) in [4.78, 5) is 14.6. The summed E-state index contributed by atoms with van der Waals surface area (Å²) in [5, 5.41) is 8.67. The molecule has 0 aliphatic rings. The highest BCUT2D eigenvalue weighted by molar-refractivity contribution is 14.1. The van der Waals surface area contributed by atoms with Crippen LogP contribution in [0.25, 0.3) is 0 Å². The zero-order chi connectivity index (χ0) is 13.0. The first-order chi connectivity index (χ1) is 7.99. The number of esters is 1. The van der Waals surface area contributed by atoms with Crippen molar-refractivity contribution in [1.82, 2.24) is 4.98 Å². The summed E-state index contributed by atoms with van der Waals surface area (Å²) < 4.78 is 29.9. The van der Waals surface area contributed by atoms with Crippen LogP contribution in [0.5, 0.6) is 0 Å². The van der Waals surface area contributed by atoms with Gasteiger partial charge in [0.2, 0.25) is 0 Å². The summed E-state index contributed by atoms with van der Waals surface area (Å²) in [7, 11) is 1.20. The molecule has 0 radical (unpaired) electrons. The standard InChI is InChI=1S/C10H7F2IN2O2/c1-17-7(16)3-5-2-6(4-14)15-9(8(5)13)10(11)12/h2,10H,3H2,1H3. The lowest BCUT2D eigenvalue weighted by Crippen LogP contribution is -2.09. The Morgan fingerprint density at radius 3 is 2.82 bits per heavy atom. The van der Waals surface area contributed by atoms with Gasteiger partial charge in [0.1, 0.15) is 17.5 Å². The second kappa shape index (κ2) is 5.86. The molecule has 0 saturated carbocycles. The summed E-state index contributed by atoms with van der Waals surface area (Å²) in [5.41, 5.74) is -0.303. The highest BCUT2D eigenvalue weighted by Gasteiger charge is 2.19. The highest BCUT2D eigenvalue weighted by atomic mass is 127. The predicted octanol–water partition coefficient (Wildman–Crippen LogP) is 2.21. The minimum atomic E-state index is -2.79. The van der Waals surface area contributed by atoms with Crippen LogP contribution in [0.4, 0.5) is 8.78 Å². The van der Waals surface area contributed by atoms with Crippen LogP contribution in [0.15, 0.2) is 6.07 Å². The number of hydrogen-bond acceptors (Lipinski definition) is 4. The molecule has 0 N–H and O–H groups in total. The van der Waals surface area contributed by atoms with Gasteiger partial charge in [-0.3, -0.25) is 4.79 Å². The number of alkyl halides is 2. The summed E-state index contributed by atoms with van der Waals surface area (Å²) in [5.74, 6) is -0.557. The second-order valence-electron chi connectivity index (χ2n) is 3.03. The van der Waals surface area contributed by atoms with E-state index in [1.165, 1.54) is 13.2 Å². The van der Waals surface area contributed by atoms with Crippen molar-refractivity contribution >= 4 is 28.6 Å². The number of ether oxygens (including phenoxy) is 1. The minimum absolute atomic E-state index is 0.139. The van der Waals surface area contributed by atoms with Gasteiger partial charge in [-0.25, -0.2) is 13.8 Å². The molecule has 7 heteroatoms. The van der Waals surface area contributed by atoms with E-state index in [-0.39, 0.29) is 15.7 Å². The van der Waals surface area contributed by atoms with Crippen LogP contribution in [0.1, 0.15) is 23.4 Å². The average molecular weight is 352 g/mol. The van der Waals surface area contributed by atoms with E-state index in [0.29, 0.717) is 5.56 Å². The van der Waals surface area contributed by atoms with Crippen LogP contribution in [0.3, 0.4) is 0 Å². The number of aromatic nitrogens is 1. The van der Waals surface area contributed by atoms with Crippen LogP contribution in [-0.2, 0) is 16.0 Å². The lowest BCUT2D eigenvalue weighted by molar-refractivity contribution is -0.139. The first kappa shape index (κ1) is 13.8. The molecular weight excluding hydrogens is 345 g/mol. The van der Waals surface area contributed by atoms with E-state index in [2.05, 4.69) is 9.72 Å². The van der Waals surface area contributed by atoms with Crippen LogP contribution in [0, 0.1) is 14.9 Å². The normalized spacial score (nSPS) is 10.1. The van der Waals surface area contributed by atoms with Crippen LogP contribution < -0.4 is 0 Å². The molecule has 1 rings (SSSR count). The van der Waals surface area contributed by atoms with Gasteiger partial charge < -0.3 is 4.74 Å². The largest absolute Gasteiger partial charge is 0.469 e. The Labute approximate surface area is 110 Å². The van der Waals surface area contributed by atoms with Gasteiger partial charge in [0, 0.05) is 3.57 Å². The van der Waals surface area contributed by atoms with Crippen LogP contribution in [0.2, 0.25) is 0 Å². The molecule has 0 aliphatic heterocycles. The third-order valence-electron chi connectivity index (χ3n) is 1.94. The number of methoxy groups -OCH3 is 1. The number of carbonyl (C=O) groups is 1. The van der Waals surface area contributed by atoms with Gasteiger partial charge in [0.25, 0.3) is 6.43 Å². The van der Waals surface area contributed by atoms with Crippen molar-refractivity contribution in [2.45, 2.75) is 12.8 Å². The Hall–Kier alpha value is -1.30. The number of carbonyl (C=O) groups excluding carboxylic acids is 1. The van der Waals surface area contributed by atoms with Gasteiger partial charge in [0.05, 0.1) is 13.5 Å². The minimum Gasteiger partial charge on any atom is -0.469 e. The molecule has 1 aromatic rings. The summed E-state index contributed by atoms with van der Waals surface area (Å²) in [6.07, 6.45) is -2.95. The number of nitriles is 1. The van der Waals surface area contributed by atoms with Gasteiger partial charge in [0.15, 0.2) is 0 Å². The summed E-state index contributed by atoms with van der Waals surface area (Å²) in [6, 6.07) is 2.99. The predicted molar refractivity (Wildman–Crippen MR) is 62.3 cm³/mol. The topological polar surface area (TPSA) is 63.0 Å². The molecule has 1 aromatic heterocycles. The van der Waals surface area contributed by atoms with Gasteiger partial charge >= 0.3 is 5.97 Å². The molecule has 0 atom stereocenters. The van der Waals surface area contributed by atoms with Crippen LogP contribution in [-0.4, -0.2) is 18.1 Å². The molecule has 0 saturated heterocycles. The fourth-order valence-corrected chi connectivity index (χ4v) is 1.86. The lowest BCUT2D eigenvalue weighted by Gasteiger charge is -2.08. The maximum Gasteiger partial charge on any atom is 0.310 e. The Balaban J connectivity index is 3.25. The van der Waals surface area contributed by atoms with E-state index in [1.807, 2.05) is 0 Å². The van der Waals surface area contributed by atoms with E-state index >= 15 is 0 Å². The van der Waals surface area contributed by atoms with Gasteiger partial charge in [-0.1, -0.05) is 0 Å². The fourth-order valence-electron chi connectivity index (χ4n) is 1.16. The zero-order valence-electron chi connectivity index (χ0n) is 8.71. The number of nitrogens with zero attached hydrogens (tertiary/aromatic N) is 2. The van der Waals surface area contributed by atoms with E-state index in [9.17, 15) is 13.6 Å². The Morgan fingerprint density at radius 2 is 2.35 bits per heavy atom. The first-order valence-corrected chi connectivity index (χ1v) is 5.51. The van der Waals surface area contributed by atoms with Crippen molar-refractivity contribution in [3.05, 3.63) is 26.6 Å². The van der Waals surface area contributed by atoms with Crippen molar-refractivity contribution < 1.29 is 18.3 Å². The average Bonchev–Trinajstić information content (AvgIpc) is 2.31. The molecule has 90 valence electrons. The smallest absolute Gasteiger partial charge is 0.310 e. The zero-order valence-corrected chi connectivity index (χ0v) is 10.9. The van der Waals surface area contributed by atoms with E-state index in [1.54, 1.807) is 28.7 Å². The summed E-state index contributed by atoms with van der Waals surface area (Å²) in [6.45, 7) is 0. The van der Waals surface area contributed by atoms with Crippen molar-refractivity contribution in [3.8, 4) is 6.07 Å².